The highest BCUT2D eigenvalue weighted by Crippen LogP contribution is 2.35. The Labute approximate surface area is 142 Å². The molecule has 3 atom stereocenters. The summed E-state index contributed by atoms with van der Waals surface area (Å²) in [6, 6.07) is 9.78. The van der Waals surface area contributed by atoms with E-state index in [0.29, 0.717) is 13.2 Å². The van der Waals surface area contributed by atoms with Gasteiger partial charge in [-0.05, 0) is 25.5 Å². The minimum absolute atomic E-state index is 0.124. The second-order valence-electron chi connectivity index (χ2n) is 6.43. The Morgan fingerprint density at radius 3 is 2.67 bits per heavy atom. The Bertz CT molecular complexity index is 574. The predicted octanol–water partition coefficient (Wildman–Crippen LogP) is 1.85. The molecule has 24 heavy (non-hydrogen) atoms. The van der Waals surface area contributed by atoms with Crippen molar-refractivity contribution in [2.75, 3.05) is 20.3 Å². The van der Waals surface area contributed by atoms with Gasteiger partial charge >= 0.3 is 0 Å². The van der Waals surface area contributed by atoms with Gasteiger partial charge in [-0.15, -0.1) is 0 Å². The van der Waals surface area contributed by atoms with Gasteiger partial charge in [-0.3, -0.25) is 4.84 Å². The van der Waals surface area contributed by atoms with E-state index < -0.39 is 11.9 Å². The quantitative estimate of drug-likeness (QED) is 0.886. The normalized spacial score (nSPS) is 30.2. The van der Waals surface area contributed by atoms with E-state index in [1.807, 2.05) is 55.3 Å². The maximum atomic E-state index is 9.71. The summed E-state index contributed by atoms with van der Waals surface area (Å²) in [5, 5.41) is 11.6. The number of rotatable bonds is 5. The van der Waals surface area contributed by atoms with Gasteiger partial charge in [0.1, 0.15) is 24.0 Å². The molecular weight excluding hydrogens is 310 g/mol. The number of aliphatic hydroxyl groups excluding tert-OH is 1. The van der Waals surface area contributed by atoms with E-state index in [1.54, 1.807) is 7.11 Å². The van der Waals surface area contributed by atoms with Crippen molar-refractivity contribution in [1.82, 2.24) is 5.06 Å². The van der Waals surface area contributed by atoms with Crippen LogP contribution in [0.2, 0.25) is 0 Å². The summed E-state index contributed by atoms with van der Waals surface area (Å²) in [7, 11) is 1.64. The van der Waals surface area contributed by atoms with Gasteiger partial charge in [0.25, 0.3) is 0 Å². The second-order valence-corrected chi connectivity index (χ2v) is 6.43. The van der Waals surface area contributed by atoms with Crippen LogP contribution in [0.1, 0.15) is 19.4 Å². The molecule has 3 rings (SSSR count). The molecule has 1 N–H and O–H groups in total. The van der Waals surface area contributed by atoms with Crippen LogP contribution in [-0.4, -0.2) is 54.5 Å². The van der Waals surface area contributed by atoms with Gasteiger partial charge < -0.3 is 19.3 Å². The third-order valence-corrected chi connectivity index (χ3v) is 4.26. The number of hydrogen-bond donors (Lipinski definition) is 1. The molecule has 0 saturated carbocycles. The van der Waals surface area contributed by atoms with Crippen molar-refractivity contribution < 1.29 is 24.2 Å². The summed E-state index contributed by atoms with van der Waals surface area (Å²) in [6.45, 7) is 4.59. The molecule has 0 bridgehead atoms. The summed E-state index contributed by atoms with van der Waals surface area (Å²) >= 11 is 0. The van der Waals surface area contributed by atoms with Crippen LogP contribution in [0.5, 0.6) is 0 Å². The highest BCUT2D eigenvalue weighted by Gasteiger charge is 2.49. The summed E-state index contributed by atoms with van der Waals surface area (Å²) in [5.74, 6) is 0.00851. The first-order valence-electron chi connectivity index (χ1n) is 8.18. The lowest BCUT2D eigenvalue weighted by molar-refractivity contribution is -0.224. The zero-order chi connectivity index (χ0) is 17.2. The third-order valence-electron chi connectivity index (χ3n) is 4.26. The predicted molar refractivity (Wildman–Crippen MR) is 87.7 cm³/mol. The van der Waals surface area contributed by atoms with E-state index >= 15 is 0 Å². The van der Waals surface area contributed by atoms with Crippen LogP contribution in [0.15, 0.2) is 42.2 Å². The summed E-state index contributed by atoms with van der Waals surface area (Å²) in [6.07, 6.45) is 1.07. The van der Waals surface area contributed by atoms with Crippen molar-refractivity contribution in [3.05, 3.63) is 47.7 Å². The van der Waals surface area contributed by atoms with Crippen LogP contribution in [0.4, 0.5) is 0 Å². The second kappa shape index (κ2) is 7.21. The van der Waals surface area contributed by atoms with Crippen molar-refractivity contribution in [3.63, 3.8) is 0 Å². The van der Waals surface area contributed by atoms with Gasteiger partial charge in [-0.1, -0.05) is 30.3 Å². The van der Waals surface area contributed by atoms with Crippen molar-refractivity contribution in [3.8, 4) is 0 Å². The minimum atomic E-state index is -0.757. The number of methoxy groups -OCH3 is 1. The average Bonchev–Trinajstić information content (AvgIpc) is 2.90. The van der Waals surface area contributed by atoms with Gasteiger partial charge in [0, 0.05) is 0 Å². The van der Waals surface area contributed by atoms with Crippen LogP contribution in [0, 0.1) is 0 Å². The van der Waals surface area contributed by atoms with Crippen LogP contribution < -0.4 is 0 Å². The first-order chi connectivity index (χ1) is 11.5. The fourth-order valence-electron chi connectivity index (χ4n) is 3.27. The zero-order valence-corrected chi connectivity index (χ0v) is 14.3. The lowest BCUT2D eigenvalue weighted by Gasteiger charge is -2.38. The standard InChI is InChI=1S/C18H25NO5/c1-18(2)23-15(12-20)17(24-18)16-14(21-3)9-10-22-19(16)11-13-7-5-4-6-8-13/h4-9,15-17,20H,10-12H2,1-3H3/t15-,16+,17-/m0/s1. The highest BCUT2D eigenvalue weighted by molar-refractivity contribution is 5.17. The summed E-state index contributed by atoms with van der Waals surface area (Å²) < 4.78 is 17.5. The Morgan fingerprint density at radius 1 is 1.25 bits per heavy atom. The smallest absolute Gasteiger partial charge is 0.163 e. The molecule has 1 aromatic rings. The molecule has 0 spiro atoms. The average molecular weight is 335 g/mol. The number of hydroxylamine groups is 2. The highest BCUT2D eigenvalue weighted by atomic mass is 16.8. The van der Waals surface area contributed by atoms with Gasteiger partial charge in [0.05, 0.1) is 26.9 Å². The van der Waals surface area contributed by atoms with Crippen LogP contribution in [0.25, 0.3) is 0 Å². The van der Waals surface area contributed by atoms with Gasteiger partial charge in [0.15, 0.2) is 5.79 Å². The molecule has 0 aromatic heterocycles. The molecule has 0 aliphatic carbocycles. The first kappa shape index (κ1) is 17.4. The zero-order valence-electron chi connectivity index (χ0n) is 14.3. The molecule has 1 aromatic carbocycles. The van der Waals surface area contributed by atoms with E-state index in [9.17, 15) is 5.11 Å². The molecule has 0 amide bonds. The minimum Gasteiger partial charge on any atom is -0.499 e. The Kier molecular flexibility index (Phi) is 5.22. The Hall–Kier alpha value is -1.44. The fourth-order valence-corrected chi connectivity index (χ4v) is 3.27. The van der Waals surface area contributed by atoms with E-state index in [4.69, 9.17) is 19.0 Å². The molecule has 2 aliphatic heterocycles. The van der Waals surface area contributed by atoms with Crippen LogP contribution >= 0.6 is 0 Å². The van der Waals surface area contributed by atoms with Crippen molar-refractivity contribution in [2.24, 2.45) is 0 Å². The largest absolute Gasteiger partial charge is 0.499 e. The maximum absolute atomic E-state index is 9.71. The fraction of sp³-hybridized carbons (Fsp3) is 0.556. The number of ether oxygens (including phenoxy) is 3. The topological polar surface area (TPSA) is 60.4 Å². The summed E-state index contributed by atoms with van der Waals surface area (Å²) in [4.78, 5) is 5.86. The SMILES string of the molecule is COC1=CCON(Cc2ccccc2)[C@H]1[C@H]1OC(C)(C)O[C@H]1CO. The van der Waals surface area contributed by atoms with Gasteiger partial charge in [0.2, 0.25) is 0 Å². The Balaban J connectivity index is 1.86. The van der Waals surface area contributed by atoms with Crippen molar-refractivity contribution in [1.29, 1.82) is 0 Å². The van der Waals surface area contributed by atoms with Gasteiger partial charge in [-0.2, -0.15) is 5.06 Å². The molecule has 6 heteroatoms. The third kappa shape index (κ3) is 3.63. The monoisotopic (exact) mass is 335 g/mol. The van der Waals surface area contributed by atoms with E-state index in [1.165, 1.54) is 0 Å². The van der Waals surface area contributed by atoms with Crippen molar-refractivity contribution in [2.45, 2.75) is 44.4 Å². The Morgan fingerprint density at radius 2 is 2.00 bits per heavy atom. The number of hydrogen-bond acceptors (Lipinski definition) is 6. The van der Waals surface area contributed by atoms with Crippen LogP contribution in [0.3, 0.4) is 0 Å². The maximum Gasteiger partial charge on any atom is 0.163 e. The molecular formula is C18H25NO5. The number of aliphatic hydroxyl groups is 1. The number of nitrogens with zero attached hydrogens (tertiary/aromatic N) is 1. The molecule has 6 nitrogen and oxygen atoms in total. The van der Waals surface area contributed by atoms with E-state index in [2.05, 4.69) is 0 Å². The van der Waals surface area contributed by atoms with Gasteiger partial charge in [-0.25, -0.2) is 0 Å². The molecule has 2 heterocycles. The van der Waals surface area contributed by atoms with Crippen molar-refractivity contribution >= 4 is 0 Å². The molecule has 0 radical (unpaired) electrons. The lowest BCUT2D eigenvalue weighted by atomic mass is 10.0. The van der Waals surface area contributed by atoms with E-state index in [-0.39, 0.29) is 18.8 Å². The van der Waals surface area contributed by atoms with Crippen LogP contribution in [-0.2, 0) is 25.6 Å². The molecule has 0 unspecified atom stereocenters. The molecule has 1 saturated heterocycles. The lowest BCUT2D eigenvalue weighted by Crippen LogP contribution is -2.51. The summed E-state index contributed by atoms with van der Waals surface area (Å²) in [5.41, 5.74) is 1.12. The number of benzene rings is 1. The first-order valence-corrected chi connectivity index (χ1v) is 8.18. The molecule has 1 fully saturated rings. The molecule has 132 valence electrons. The molecule has 2 aliphatic rings. The van der Waals surface area contributed by atoms with E-state index in [0.717, 1.165) is 11.3 Å².